The summed E-state index contributed by atoms with van der Waals surface area (Å²) >= 11 is 4.56. The Labute approximate surface area is 153 Å². The van der Waals surface area contributed by atoms with E-state index in [0.29, 0.717) is 10.4 Å². The van der Waals surface area contributed by atoms with Gasteiger partial charge in [-0.3, -0.25) is 14.4 Å². The average molecular weight is 409 g/mol. The highest BCUT2D eigenvalue weighted by Gasteiger charge is 2.14. The lowest BCUT2D eigenvalue weighted by Gasteiger charge is -2.05. The second-order valence-electron chi connectivity index (χ2n) is 5.41. The number of esters is 1. The molecule has 0 aliphatic heterocycles. The molecule has 2 rings (SSSR count). The van der Waals surface area contributed by atoms with Gasteiger partial charge in [0.15, 0.2) is 12.4 Å². The zero-order valence-corrected chi connectivity index (χ0v) is 15.8. The quantitative estimate of drug-likeness (QED) is 0.499. The van der Waals surface area contributed by atoms with Crippen molar-refractivity contribution in [3.63, 3.8) is 0 Å². The smallest absolute Gasteiger partial charge is 0.306 e. The highest BCUT2D eigenvalue weighted by Crippen LogP contribution is 2.22. The number of hydrogen-bond donors (Lipinski definition) is 0. The number of ketones is 2. The third-order valence-electron chi connectivity index (χ3n) is 3.60. The van der Waals surface area contributed by atoms with Crippen LogP contribution in [0.4, 0.5) is 0 Å². The summed E-state index contributed by atoms with van der Waals surface area (Å²) < 4.78 is 5.79. The Kier molecular flexibility index (Phi) is 6.45. The molecule has 0 bridgehead atoms. The van der Waals surface area contributed by atoms with Crippen molar-refractivity contribution in [1.29, 1.82) is 0 Å². The van der Waals surface area contributed by atoms with Gasteiger partial charge >= 0.3 is 5.97 Å². The van der Waals surface area contributed by atoms with Crippen LogP contribution in [0.15, 0.2) is 34.1 Å². The summed E-state index contributed by atoms with van der Waals surface area (Å²) in [6.07, 6.45) is 0.0350. The van der Waals surface area contributed by atoms with Crippen LogP contribution in [0.5, 0.6) is 0 Å². The second-order valence-corrected chi connectivity index (χ2v) is 7.87. The zero-order chi connectivity index (χ0) is 17.7. The van der Waals surface area contributed by atoms with Gasteiger partial charge in [-0.1, -0.05) is 12.1 Å². The Morgan fingerprint density at radius 1 is 1.00 bits per heavy atom. The first-order valence-electron chi connectivity index (χ1n) is 7.41. The number of carbonyl (C=O) groups is 3. The molecule has 2 aromatic rings. The number of ether oxygens (including phenoxy) is 1. The number of thiophene rings is 1. The zero-order valence-electron chi connectivity index (χ0n) is 13.4. The summed E-state index contributed by atoms with van der Waals surface area (Å²) in [5, 5.41) is 0. The van der Waals surface area contributed by atoms with Crippen LogP contribution < -0.4 is 0 Å². The lowest BCUT2D eigenvalue weighted by molar-refractivity contribution is -0.142. The fourth-order valence-electron chi connectivity index (χ4n) is 2.03. The molecule has 0 radical (unpaired) electrons. The number of rotatable bonds is 7. The van der Waals surface area contributed by atoms with E-state index in [0.717, 1.165) is 14.9 Å². The molecule has 1 heterocycles. The van der Waals surface area contributed by atoms with E-state index in [2.05, 4.69) is 15.9 Å². The number of Topliss-reactive ketones (excluding diaryl/α,β-unsaturated/α-hetero) is 2. The molecule has 0 saturated carbocycles. The molecule has 0 aliphatic rings. The first kappa shape index (κ1) is 18.5. The van der Waals surface area contributed by atoms with E-state index in [4.69, 9.17) is 4.74 Å². The standard InChI is InChI=1S/C18H17BrO4S/c1-11-3-4-13(9-12(11)2)14(20)5-8-18(22)23-10-15(21)16-6-7-17(19)24-16/h3-4,6-7,9H,5,8,10H2,1-2H3. The van der Waals surface area contributed by atoms with Gasteiger partial charge in [0, 0.05) is 12.0 Å². The fraction of sp³-hybridized carbons (Fsp3) is 0.278. The van der Waals surface area contributed by atoms with Crippen LogP contribution in [-0.2, 0) is 9.53 Å². The van der Waals surface area contributed by atoms with Crippen molar-refractivity contribution in [3.05, 3.63) is 55.7 Å². The Balaban J connectivity index is 1.79. The summed E-state index contributed by atoms with van der Waals surface area (Å²) in [7, 11) is 0. The predicted molar refractivity (Wildman–Crippen MR) is 96.8 cm³/mol. The summed E-state index contributed by atoms with van der Waals surface area (Å²) in [5.74, 6) is -0.903. The van der Waals surface area contributed by atoms with Gasteiger partial charge in [0.1, 0.15) is 0 Å². The highest BCUT2D eigenvalue weighted by atomic mass is 79.9. The van der Waals surface area contributed by atoms with Crippen molar-refractivity contribution in [2.75, 3.05) is 6.61 Å². The molecule has 0 spiro atoms. The third kappa shape index (κ3) is 5.11. The van der Waals surface area contributed by atoms with Crippen molar-refractivity contribution in [1.82, 2.24) is 0 Å². The first-order chi connectivity index (χ1) is 11.4. The predicted octanol–water partition coefficient (Wildman–Crippen LogP) is 4.52. The summed E-state index contributed by atoms with van der Waals surface area (Å²) in [5.41, 5.74) is 2.74. The molecule has 1 aromatic carbocycles. The van der Waals surface area contributed by atoms with Crippen LogP contribution in [0.2, 0.25) is 0 Å². The molecular formula is C18H17BrO4S. The lowest BCUT2D eigenvalue weighted by Crippen LogP contribution is -2.14. The molecular weight excluding hydrogens is 392 g/mol. The maximum atomic E-state index is 12.1. The third-order valence-corrected chi connectivity index (χ3v) is 5.26. The Hall–Kier alpha value is -1.79. The number of aryl methyl sites for hydroxylation is 2. The summed E-state index contributed by atoms with van der Waals surface area (Å²) in [4.78, 5) is 36.2. The molecule has 0 unspecified atom stereocenters. The molecule has 0 amide bonds. The minimum atomic E-state index is -0.545. The van der Waals surface area contributed by atoms with Crippen molar-refractivity contribution < 1.29 is 19.1 Å². The van der Waals surface area contributed by atoms with E-state index in [1.807, 2.05) is 26.0 Å². The summed E-state index contributed by atoms with van der Waals surface area (Å²) in [6.45, 7) is 3.61. The van der Waals surface area contributed by atoms with Crippen molar-refractivity contribution in [2.45, 2.75) is 26.7 Å². The molecule has 0 saturated heterocycles. The maximum Gasteiger partial charge on any atom is 0.306 e. The van der Waals surface area contributed by atoms with Crippen LogP contribution in [-0.4, -0.2) is 24.1 Å². The van der Waals surface area contributed by atoms with Gasteiger partial charge in [-0.05, 0) is 59.1 Å². The molecule has 1 aromatic heterocycles. The first-order valence-corrected chi connectivity index (χ1v) is 9.02. The topological polar surface area (TPSA) is 60.4 Å². The van der Waals surface area contributed by atoms with Crippen molar-refractivity contribution in [3.8, 4) is 0 Å². The van der Waals surface area contributed by atoms with Gasteiger partial charge in [0.25, 0.3) is 0 Å². The van der Waals surface area contributed by atoms with Gasteiger partial charge in [-0.2, -0.15) is 0 Å². The molecule has 0 N–H and O–H groups in total. The fourth-order valence-corrected chi connectivity index (χ4v) is 3.34. The highest BCUT2D eigenvalue weighted by molar-refractivity contribution is 9.11. The largest absolute Gasteiger partial charge is 0.457 e. The van der Waals surface area contributed by atoms with Crippen LogP contribution in [0.1, 0.15) is 44.0 Å². The Bertz CT molecular complexity index is 779. The SMILES string of the molecule is Cc1ccc(C(=O)CCC(=O)OCC(=O)c2ccc(Br)s2)cc1C. The Morgan fingerprint density at radius 3 is 2.38 bits per heavy atom. The van der Waals surface area contributed by atoms with Crippen LogP contribution in [0, 0.1) is 13.8 Å². The maximum absolute atomic E-state index is 12.1. The number of carbonyl (C=O) groups excluding carboxylic acids is 3. The van der Waals surface area contributed by atoms with E-state index in [1.54, 1.807) is 18.2 Å². The Morgan fingerprint density at radius 2 is 1.75 bits per heavy atom. The van der Waals surface area contributed by atoms with Crippen LogP contribution in [0.3, 0.4) is 0 Å². The van der Waals surface area contributed by atoms with E-state index in [-0.39, 0.29) is 31.0 Å². The summed E-state index contributed by atoms with van der Waals surface area (Å²) in [6, 6.07) is 8.91. The molecule has 0 fully saturated rings. The minimum Gasteiger partial charge on any atom is -0.457 e. The van der Waals surface area contributed by atoms with Crippen LogP contribution in [0.25, 0.3) is 0 Å². The average Bonchev–Trinajstić information content (AvgIpc) is 2.99. The molecule has 24 heavy (non-hydrogen) atoms. The molecule has 0 atom stereocenters. The normalized spacial score (nSPS) is 10.5. The second kappa shape index (κ2) is 8.35. The number of halogens is 1. The molecule has 6 heteroatoms. The number of hydrogen-bond acceptors (Lipinski definition) is 5. The lowest BCUT2D eigenvalue weighted by atomic mass is 10.0. The van der Waals surface area contributed by atoms with Gasteiger partial charge in [0.05, 0.1) is 15.1 Å². The van der Waals surface area contributed by atoms with Gasteiger partial charge in [-0.15, -0.1) is 11.3 Å². The minimum absolute atomic E-state index is 0.0346. The van der Waals surface area contributed by atoms with Crippen LogP contribution >= 0.6 is 27.3 Å². The van der Waals surface area contributed by atoms with E-state index >= 15 is 0 Å². The van der Waals surface area contributed by atoms with Crippen molar-refractivity contribution in [2.24, 2.45) is 0 Å². The van der Waals surface area contributed by atoms with Gasteiger partial charge in [-0.25, -0.2) is 0 Å². The van der Waals surface area contributed by atoms with Gasteiger partial charge in [0.2, 0.25) is 5.78 Å². The molecule has 0 aliphatic carbocycles. The van der Waals surface area contributed by atoms with Gasteiger partial charge < -0.3 is 4.74 Å². The van der Waals surface area contributed by atoms with Crippen molar-refractivity contribution >= 4 is 44.8 Å². The van der Waals surface area contributed by atoms with E-state index in [1.165, 1.54) is 11.3 Å². The molecule has 126 valence electrons. The van der Waals surface area contributed by atoms with E-state index < -0.39 is 5.97 Å². The molecule has 4 nitrogen and oxygen atoms in total. The monoisotopic (exact) mass is 408 g/mol. The van der Waals surface area contributed by atoms with E-state index in [9.17, 15) is 14.4 Å². The number of benzene rings is 1.